The minimum Gasteiger partial charge on any atom is -0.744 e. The Morgan fingerprint density at radius 1 is 0.917 bits per heavy atom. The van der Waals surface area contributed by atoms with Crippen LogP contribution in [0.5, 0.6) is 0 Å². The fourth-order valence-corrected chi connectivity index (χ4v) is 4.66. The summed E-state index contributed by atoms with van der Waals surface area (Å²) in [6.07, 6.45) is 1.28. The molecule has 0 aromatic heterocycles. The third-order valence-corrected chi connectivity index (χ3v) is 6.70. The van der Waals surface area contributed by atoms with E-state index in [4.69, 9.17) is 5.26 Å². The predicted molar refractivity (Wildman–Crippen MR) is 139 cm³/mol. The van der Waals surface area contributed by atoms with E-state index in [0.717, 1.165) is 12.1 Å². The van der Waals surface area contributed by atoms with Gasteiger partial charge in [0.2, 0.25) is 0 Å². The Hall–Kier alpha value is -1.98. The van der Waals surface area contributed by atoms with Crippen LogP contribution in [0.1, 0.15) is 19.8 Å². The number of halogens is 2. The van der Waals surface area contributed by atoms with Crippen LogP contribution in [0.15, 0.2) is 95.0 Å². The third kappa shape index (κ3) is 9.15. The summed E-state index contributed by atoms with van der Waals surface area (Å²) in [5.74, 6) is 0. The molecule has 0 heterocycles. The van der Waals surface area contributed by atoms with Gasteiger partial charge >= 0.3 is 29.6 Å². The summed E-state index contributed by atoms with van der Waals surface area (Å²) >= 11 is 6.94. The fourth-order valence-electron chi connectivity index (χ4n) is 2.87. The molecule has 0 aliphatic carbocycles. The number of hydrogen-bond acceptors (Lipinski definition) is 9. The first kappa shape index (κ1) is 30.2. The maximum absolute atomic E-state index is 11.0. The second kappa shape index (κ2) is 14.1. The van der Waals surface area contributed by atoms with Gasteiger partial charge in [0.15, 0.2) is 0 Å². The van der Waals surface area contributed by atoms with Crippen LogP contribution >= 0.6 is 31.9 Å². The van der Waals surface area contributed by atoms with E-state index in [1.807, 2.05) is 31.2 Å². The van der Waals surface area contributed by atoms with Crippen molar-refractivity contribution in [3.05, 3.63) is 69.6 Å². The summed E-state index contributed by atoms with van der Waals surface area (Å²) in [7, 11) is -4.51. The molecule has 13 heteroatoms. The first-order valence-corrected chi connectivity index (χ1v) is 13.3. The van der Waals surface area contributed by atoms with Crippen LogP contribution < -0.4 is 34.9 Å². The van der Waals surface area contributed by atoms with Gasteiger partial charge in [0.25, 0.3) is 0 Å². The molecule has 0 aliphatic heterocycles. The van der Waals surface area contributed by atoms with Crippen LogP contribution in [-0.2, 0) is 10.1 Å². The summed E-state index contributed by atoms with van der Waals surface area (Å²) < 4.78 is 34.3. The van der Waals surface area contributed by atoms with E-state index in [0.29, 0.717) is 38.1 Å². The van der Waals surface area contributed by atoms with Crippen LogP contribution in [0.4, 0.5) is 28.4 Å². The van der Waals surface area contributed by atoms with Crippen molar-refractivity contribution in [2.45, 2.75) is 30.7 Å². The van der Waals surface area contributed by atoms with Gasteiger partial charge in [-0.2, -0.15) is 20.6 Å². The number of nitrogens with one attached hydrogen (secondary N) is 1. The van der Waals surface area contributed by atoms with E-state index < -0.39 is 10.1 Å². The van der Waals surface area contributed by atoms with E-state index in [2.05, 4.69) is 63.7 Å². The van der Waals surface area contributed by atoms with Crippen LogP contribution in [0.25, 0.3) is 0 Å². The van der Waals surface area contributed by atoms with Crippen LogP contribution in [0, 0.1) is 11.3 Å². The number of nitrogens with zero attached hydrogens (tertiary/aromatic N) is 5. The normalized spacial score (nSPS) is 12.3. The number of nitriles is 1. The Kier molecular flexibility index (Phi) is 11.8. The summed E-state index contributed by atoms with van der Waals surface area (Å²) in [4.78, 5) is -0.326. The van der Waals surface area contributed by atoms with Gasteiger partial charge in [0.05, 0.1) is 28.0 Å². The maximum atomic E-state index is 11.0. The molecule has 3 aromatic rings. The molecule has 9 nitrogen and oxygen atoms in total. The zero-order valence-corrected chi connectivity index (χ0v) is 25.4. The zero-order chi connectivity index (χ0) is 25.4. The quantitative estimate of drug-likeness (QED) is 0.198. The number of benzene rings is 3. The van der Waals surface area contributed by atoms with E-state index in [-0.39, 0.29) is 40.5 Å². The van der Waals surface area contributed by atoms with Gasteiger partial charge in [-0.1, -0.05) is 0 Å². The Balaban J connectivity index is 0.00000456. The summed E-state index contributed by atoms with van der Waals surface area (Å²) in [6.45, 7) is 2.03. The molecule has 0 fully saturated rings. The summed E-state index contributed by atoms with van der Waals surface area (Å²) in [5, 5.41) is 28.8. The SMILES string of the molecule is CC(CCC#N)Nc1ccc(N=Nc2c(Br)cc(N=Nc3ccc(S(=O)(=O)[O-])cc3)cc2Br)cc1.[Na+]. The molecule has 36 heavy (non-hydrogen) atoms. The van der Waals surface area contributed by atoms with Crippen LogP contribution in [-0.4, -0.2) is 19.0 Å². The number of hydrogen-bond donors (Lipinski definition) is 1. The molecular weight excluding hydrogens is 623 g/mol. The molecule has 0 bridgehead atoms. The van der Waals surface area contributed by atoms with E-state index in [9.17, 15) is 13.0 Å². The van der Waals surface area contributed by atoms with Crippen LogP contribution in [0.2, 0.25) is 0 Å². The molecular formula is C23H19Br2N6NaO3S. The van der Waals surface area contributed by atoms with Gasteiger partial charge in [0, 0.05) is 27.1 Å². The molecule has 0 saturated heterocycles. The Labute approximate surface area is 248 Å². The van der Waals surface area contributed by atoms with E-state index in [1.165, 1.54) is 24.3 Å². The van der Waals surface area contributed by atoms with Gasteiger partial charge in [-0.25, -0.2) is 8.42 Å². The average Bonchev–Trinajstić information content (AvgIpc) is 2.81. The number of rotatable bonds is 9. The van der Waals surface area contributed by atoms with Crippen molar-refractivity contribution >= 4 is 70.4 Å². The minimum atomic E-state index is -4.51. The van der Waals surface area contributed by atoms with Gasteiger partial charge in [-0.15, -0.1) is 5.11 Å². The molecule has 1 N–H and O–H groups in total. The maximum Gasteiger partial charge on any atom is 1.00 e. The molecule has 1 unspecified atom stereocenters. The second-order valence-electron chi connectivity index (χ2n) is 7.40. The molecule has 0 saturated carbocycles. The standard InChI is InChI=1S/C23H20Br2N6O3S.Na/c1-15(3-2-12-26)27-16-4-6-17(7-5-16)29-31-23-21(24)13-19(14-22(23)25)30-28-18-8-10-20(11-9-18)35(32,33)34;/h4-11,13-15,27H,2-3H2,1H3,(H,32,33,34);/q;+1/p-1. The predicted octanol–water partition coefficient (Wildman–Crippen LogP) is 5.05. The first-order valence-electron chi connectivity index (χ1n) is 10.3. The summed E-state index contributed by atoms with van der Waals surface area (Å²) in [6, 6.07) is 18.4. The van der Waals surface area contributed by atoms with Gasteiger partial charge in [0.1, 0.15) is 15.8 Å². The van der Waals surface area contributed by atoms with Gasteiger partial charge < -0.3 is 9.87 Å². The third-order valence-electron chi connectivity index (χ3n) is 4.64. The van der Waals surface area contributed by atoms with Crippen molar-refractivity contribution in [1.82, 2.24) is 0 Å². The largest absolute Gasteiger partial charge is 1.00 e. The number of azo groups is 2. The van der Waals surface area contributed by atoms with Crippen molar-refractivity contribution in [3.8, 4) is 6.07 Å². The van der Waals surface area contributed by atoms with Crippen molar-refractivity contribution in [1.29, 1.82) is 5.26 Å². The Morgan fingerprint density at radius 3 is 1.94 bits per heavy atom. The Bertz CT molecular complexity index is 1370. The monoisotopic (exact) mass is 640 g/mol. The first-order chi connectivity index (χ1) is 16.7. The smallest absolute Gasteiger partial charge is 0.744 e. The number of anilines is 1. The molecule has 0 amide bonds. The Morgan fingerprint density at radius 2 is 1.42 bits per heavy atom. The van der Waals surface area contributed by atoms with Crippen molar-refractivity contribution in [3.63, 3.8) is 0 Å². The van der Waals surface area contributed by atoms with Crippen molar-refractivity contribution < 1.29 is 42.5 Å². The molecule has 3 aromatic carbocycles. The molecule has 0 spiro atoms. The zero-order valence-electron chi connectivity index (χ0n) is 19.4. The van der Waals surface area contributed by atoms with E-state index in [1.54, 1.807) is 12.1 Å². The van der Waals surface area contributed by atoms with Crippen molar-refractivity contribution in [2.75, 3.05) is 5.32 Å². The van der Waals surface area contributed by atoms with Gasteiger partial charge in [-0.05, 0) is 106 Å². The molecule has 3 rings (SSSR count). The topological polar surface area (TPSA) is 142 Å². The average molecular weight is 642 g/mol. The molecule has 180 valence electrons. The molecule has 0 radical (unpaired) electrons. The summed E-state index contributed by atoms with van der Waals surface area (Å²) in [5.41, 5.74) is 3.10. The van der Waals surface area contributed by atoms with Crippen LogP contribution in [0.3, 0.4) is 0 Å². The van der Waals surface area contributed by atoms with Gasteiger partial charge in [-0.3, -0.25) is 0 Å². The minimum absolute atomic E-state index is 0. The second-order valence-corrected chi connectivity index (χ2v) is 10.5. The molecule has 0 aliphatic rings. The molecule has 1 atom stereocenters. The van der Waals surface area contributed by atoms with Crippen molar-refractivity contribution in [2.24, 2.45) is 20.5 Å². The van der Waals surface area contributed by atoms with E-state index >= 15 is 0 Å². The fraction of sp³-hybridized carbons (Fsp3) is 0.174.